The van der Waals surface area contributed by atoms with E-state index in [9.17, 15) is 4.79 Å². The van der Waals surface area contributed by atoms with Crippen molar-refractivity contribution in [3.8, 4) is 23.2 Å². The fourth-order valence-corrected chi connectivity index (χ4v) is 4.27. The molecule has 0 aliphatic carbocycles. The minimum Gasteiger partial charge on any atom is -0.465 e. The van der Waals surface area contributed by atoms with Crippen molar-refractivity contribution in [2.75, 3.05) is 45.2 Å². The number of hydrogen-bond donors (Lipinski definition) is 1. The number of carbonyl (C=O) groups excluding carboxylic acids is 1. The van der Waals surface area contributed by atoms with Crippen LogP contribution in [0, 0.1) is 11.8 Å². The summed E-state index contributed by atoms with van der Waals surface area (Å²) in [6.07, 6.45) is 0. The topological polar surface area (TPSA) is 61.5 Å². The van der Waals surface area contributed by atoms with Crippen molar-refractivity contribution in [3.63, 3.8) is 0 Å². The van der Waals surface area contributed by atoms with E-state index < -0.39 is 0 Å². The van der Waals surface area contributed by atoms with Crippen molar-refractivity contribution in [3.05, 3.63) is 82.4 Å². The molecular formula is C28H25ClN4O2. The monoisotopic (exact) mass is 484 g/mol. The van der Waals surface area contributed by atoms with Gasteiger partial charge in [0, 0.05) is 42.3 Å². The molecule has 1 aliphatic rings. The molecule has 0 unspecified atom stereocenters. The number of esters is 1. The predicted molar refractivity (Wildman–Crippen MR) is 140 cm³/mol. The van der Waals surface area contributed by atoms with E-state index in [0.717, 1.165) is 65.4 Å². The zero-order valence-corrected chi connectivity index (χ0v) is 20.4. The third-order valence-electron chi connectivity index (χ3n) is 6.21. The Labute approximate surface area is 209 Å². The molecule has 6 nitrogen and oxygen atoms in total. The number of carbonyl (C=O) groups is 1. The quantitative estimate of drug-likeness (QED) is 0.333. The summed E-state index contributed by atoms with van der Waals surface area (Å²) in [4.78, 5) is 24.7. The van der Waals surface area contributed by atoms with E-state index in [2.05, 4.69) is 45.8 Å². The van der Waals surface area contributed by atoms with Gasteiger partial charge >= 0.3 is 5.97 Å². The molecular weight excluding hydrogens is 460 g/mol. The second-order valence-corrected chi connectivity index (χ2v) is 9.02. The zero-order valence-electron chi connectivity index (χ0n) is 19.6. The molecule has 35 heavy (non-hydrogen) atoms. The highest BCUT2D eigenvalue weighted by molar-refractivity contribution is 6.30. The molecule has 0 spiro atoms. The van der Waals surface area contributed by atoms with Crippen LogP contribution in [0.1, 0.15) is 21.5 Å². The largest absolute Gasteiger partial charge is 0.465 e. The highest BCUT2D eigenvalue weighted by Gasteiger charge is 2.19. The number of fused-ring (bicyclic) bond motifs is 1. The first-order chi connectivity index (χ1) is 17.0. The van der Waals surface area contributed by atoms with E-state index in [4.69, 9.17) is 21.3 Å². The third kappa shape index (κ3) is 5.02. The van der Waals surface area contributed by atoms with Gasteiger partial charge in [0.1, 0.15) is 5.82 Å². The second kappa shape index (κ2) is 9.83. The number of benzene rings is 3. The maximum absolute atomic E-state index is 11.8. The number of methoxy groups -OCH3 is 1. The van der Waals surface area contributed by atoms with Crippen LogP contribution in [0.4, 0.5) is 5.69 Å². The Kier molecular flexibility index (Phi) is 6.45. The molecule has 0 bridgehead atoms. The van der Waals surface area contributed by atoms with E-state index in [1.165, 1.54) is 7.11 Å². The highest BCUT2D eigenvalue weighted by Crippen LogP contribution is 2.29. The normalized spacial score (nSPS) is 14.0. The highest BCUT2D eigenvalue weighted by atomic mass is 35.5. The Morgan fingerprint density at radius 2 is 1.71 bits per heavy atom. The summed E-state index contributed by atoms with van der Waals surface area (Å²) in [5.74, 6) is 7.04. The van der Waals surface area contributed by atoms with Gasteiger partial charge in [-0.05, 0) is 55.6 Å². The standard InChI is InChI=1S/C28H25ClN4O2/c1-32-13-15-33(16-14-32)26-18-25-24(17-22(26)6-3-19-4-11-23(29)12-5-19)30-27(31-25)20-7-9-21(10-8-20)28(34)35-2/h4-5,7-12,17-18H,13-16H2,1-2H3,(H,30,31). The molecule has 0 radical (unpaired) electrons. The molecule has 1 saturated heterocycles. The number of rotatable bonds is 3. The van der Waals surface area contributed by atoms with Gasteiger partial charge in [-0.25, -0.2) is 9.78 Å². The first-order valence-electron chi connectivity index (χ1n) is 11.4. The van der Waals surface area contributed by atoms with Crippen molar-refractivity contribution in [2.45, 2.75) is 0 Å². The molecule has 5 rings (SSSR count). The van der Waals surface area contributed by atoms with Gasteiger partial charge < -0.3 is 19.5 Å². The van der Waals surface area contributed by atoms with Crippen LogP contribution in [0.25, 0.3) is 22.4 Å². The fourth-order valence-electron chi connectivity index (χ4n) is 4.15. The average molecular weight is 485 g/mol. The SMILES string of the molecule is COC(=O)c1ccc(-c2nc3cc(N4CCN(C)CC4)c(C#Cc4ccc(Cl)cc4)cc3[nH]2)cc1. The van der Waals surface area contributed by atoms with E-state index in [0.29, 0.717) is 10.6 Å². The Bertz CT molecular complexity index is 1420. The summed E-state index contributed by atoms with van der Waals surface area (Å²) in [7, 11) is 3.52. The molecule has 3 aromatic carbocycles. The molecule has 7 heteroatoms. The minimum atomic E-state index is -0.359. The van der Waals surface area contributed by atoms with Crippen LogP contribution in [0.5, 0.6) is 0 Å². The maximum atomic E-state index is 11.8. The van der Waals surface area contributed by atoms with E-state index in [1.54, 1.807) is 12.1 Å². The lowest BCUT2D eigenvalue weighted by Crippen LogP contribution is -2.44. The zero-order chi connectivity index (χ0) is 24.4. The van der Waals surface area contributed by atoms with Crippen molar-refractivity contribution in [1.29, 1.82) is 0 Å². The minimum absolute atomic E-state index is 0.359. The number of anilines is 1. The van der Waals surface area contributed by atoms with Crippen LogP contribution in [-0.4, -0.2) is 61.2 Å². The fraction of sp³-hybridized carbons (Fsp3) is 0.214. The summed E-state index contributed by atoms with van der Waals surface area (Å²) >= 11 is 6.02. The number of piperazine rings is 1. The van der Waals surface area contributed by atoms with Gasteiger partial charge in [-0.2, -0.15) is 0 Å². The van der Waals surface area contributed by atoms with E-state index in [1.807, 2.05) is 36.4 Å². The number of likely N-dealkylation sites (N-methyl/N-ethyl adjacent to an activating group) is 1. The van der Waals surface area contributed by atoms with Gasteiger partial charge in [-0.3, -0.25) is 0 Å². The maximum Gasteiger partial charge on any atom is 0.337 e. The number of H-pyrrole nitrogens is 1. The van der Waals surface area contributed by atoms with Crippen LogP contribution in [-0.2, 0) is 4.74 Å². The van der Waals surface area contributed by atoms with Gasteiger partial charge in [0.25, 0.3) is 0 Å². The lowest BCUT2D eigenvalue weighted by atomic mass is 10.1. The Morgan fingerprint density at radius 3 is 2.40 bits per heavy atom. The summed E-state index contributed by atoms with van der Waals surface area (Å²) < 4.78 is 4.79. The Balaban J connectivity index is 1.54. The van der Waals surface area contributed by atoms with Gasteiger partial charge in [-0.15, -0.1) is 0 Å². The summed E-state index contributed by atoms with van der Waals surface area (Å²) in [5, 5.41) is 0.694. The molecule has 0 saturated carbocycles. The van der Waals surface area contributed by atoms with Gasteiger partial charge in [0.15, 0.2) is 0 Å². The predicted octanol–water partition coefficient (Wildman–Crippen LogP) is 4.82. The number of aromatic nitrogens is 2. The first-order valence-corrected chi connectivity index (χ1v) is 11.8. The molecule has 1 aromatic heterocycles. The number of halogens is 1. The number of ether oxygens (including phenoxy) is 1. The lowest BCUT2D eigenvalue weighted by Gasteiger charge is -2.34. The first kappa shape index (κ1) is 23.0. The number of imidazole rings is 1. The molecule has 0 amide bonds. The van der Waals surface area contributed by atoms with Crippen LogP contribution >= 0.6 is 11.6 Å². The lowest BCUT2D eigenvalue weighted by molar-refractivity contribution is 0.0600. The molecule has 1 N–H and O–H groups in total. The molecule has 4 aromatic rings. The van der Waals surface area contributed by atoms with Gasteiger partial charge in [0.2, 0.25) is 0 Å². The van der Waals surface area contributed by atoms with Gasteiger partial charge in [0.05, 0.1) is 35.0 Å². The van der Waals surface area contributed by atoms with Crippen LogP contribution in [0.15, 0.2) is 60.7 Å². The second-order valence-electron chi connectivity index (χ2n) is 8.59. The van der Waals surface area contributed by atoms with Crippen molar-refractivity contribution in [2.24, 2.45) is 0 Å². The van der Waals surface area contributed by atoms with Crippen molar-refractivity contribution < 1.29 is 9.53 Å². The number of nitrogens with one attached hydrogen (secondary N) is 1. The van der Waals surface area contributed by atoms with Crippen molar-refractivity contribution >= 4 is 34.3 Å². The van der Waals surface area contributed by atoms with Crippen LogP contribution < -0.4 is 4.90 Å². The van der Waals surface area contributed by atoms with E-state index >= 15 is 0 Å². The third-order valence-corrected chi connectivity index (χ3v) is 6.46. The summed E-state index contributed by atoms with van der Waals surface area (Å²) in [5.41, 5.74) is 6.14. The average Bonchev–Trinajstić information content (AvgIpc) is 3.31. The summed E-state index contributed by atoms with van der Waals surface area (Å²) in [6.45, 7) is 3.87. The molecule has 176 valence electrons. The number of nitrogens with zero attached hydrogens (tertiary/aromatic N) is 3. The smallest absolute Gasteiger partial charge is 0.337 e. The molecule has 0 atom stereocenters. The van der Waals surface area contributed by atoms with Gasteiger partial charge in [-0.1, -0.05) is 35.6 Å². The Hall–Kier alpha value is -3.79. The summed E-state index contributed by atoms with van der Waals surface area (Å²) in [6, 6.07) is 19.0. The molecule has 2 heterocycles. The number of aromatic amines is 1. The number of hydrogen-bond acceptors (Lipinski definition) is 5. The van der Waals surface area contributed by atoms with E-state index in [-0.39, 0.29) is 5.97 Å². The molecule has 1 fully saturated rings. The van der Waals surface area contributed by atoms with Crippen molar-refractivity contribution in [1.82, 2.24) is 14.9 Å². The molecule has 1 aliphatic heterocycles. The van der Waals surface area contributed by atoms with Crippen LogP contribution in [0.3, 0.4) is 0 Å². The Morgan fingerprint density at radius 1 is 1.00 bits per heavy atom. The van der Waals surface area contributed by atoms with Crippen LogP contribution in [0.2, 0.25) is 5.02 Å².